The monoisotopic (exact) mass is 310 g/mol. The minimum Gasteiger partial charge on any atom is -0.347 e. The maximum absolute atomic E-state index is 13.5. The first kappa shape index (κ1) is 15.2. The molecule has 0 spiro atoms. The number of benzene rings is 1. The van der Waals surface area contributed by atoms with Crippen molar-refractivity contribution in [2.45, 2.75) is 5.75 Å². The predicted octanol–water partition coefficient (Wildman–Crippen LogP) is 1.62. The number of rotatable bonds is 5. The van der Waals surface area contributed by atoms with E-state index in [9.17, 15) is 12.8 Å². The molecule has 0 amide bonds. The molecule has 0 unspecified atom stereocenters. The van der Waals surface area contributed by atoms with Crippen molar-refractivity contribution in [2.75, 3.05) is 23.7 Å². The van der Waals surface area contributed by atoms with Gasteiger partial charge in [-0.05, 0) is 6.07 Å². The van der Waals surface area contributed by atoms with Crippen LogP contribution in [0.3, 0.4) is 0 Å². The zero-order valence-electron chi connectivity index (χ0n) is 11.6. The number of halogens is 1. The van der Waals surface area contributed by atoms with Crippen molar-refractivity contribution in [1.82, 2.24) is 9.97 Å². The van der Waals surface area contributed by atoms with Gasteiger partial charge >= 0.3 is 0 Å². The fourth-order valence-corrected chi connectivity index (χ4v) is 2.82. The van der Waals surface area contributed by atoms with Crippen molar-refractivity contribution in [1.29, 1.82) is 0 Å². The van der Waals surface area contributed by atoms with Gasteiger partial charge in [-0.2, -0.15) is 0 Å². The summed E-state index contributed by atoms with van der Waals surface area (Å²) in [4.78, 5) is 9.69. The lowest BCUT2D eigenvalue weighted by molar-refractivity contribution is 0.591. The first-order valence-electron chi connectivity index (χ1n) is 6.11. The lowest BCUT2D eigenvalue weighted by atomic mass is 10.2. The molecule has 0 radical (unpaired) electrons. The minimum atomic E-state index is -3.73. The van der Waals surface area contributed by atoms with Gasteiger partial charge < -0.3 is 4.90 Å². The Labute approximate surface area is 122 Å². The molecular formula is C13H15FN4O2S. The van der Waals surface area contributed by atoms with Crippen molar-refractivity contribution < 1.29 is 12.8 Å². The zero-order chi connectivity index (χ0) is 15.5. The predicted molar refractivity (Wildman–Crippen MR) is 79.0 cm³/mol. The van der Waals surface area contributed by atoms with E-state index in [-0.39, 0.29) is 11.3 Å². The third-order valence-electron chi connectivity index (χ3n) is 2.61. The molecule has 1 aromatic carbocycles. The first-order chi connectivity index (χ1) is 9.87. The second-order valence-electron chi connectivity index (χ2n) is 4.62. The molecule has 21 heavy (non-hydrogen) atoms. The Bertz CT molecular complexity index is 717. The Kier molecular flexibility index (Phi) is 4.37. The van der Waals surface area contributed by atoms with E-state index >= 15 is 0 Å². The second kappa shape index (κ2) is 6.04. The molecule has 2 rings (SSSR count). The number of anilines is 2. The van der Waals surface area contributed by atoms with Crippen molar-refractivity contribution in [2.24, 2.45) is 0 Å². The van der Waals surface area contributed by atoms with Gasteiger partial charge in [-0.15, -0.1) is 0 Å². The average molecular weight is 310 g/mol. The maximum atomic E-state index is 13.5. The Morgan fingerprint density at radius 1 is 1.19 bits per heavy atom. The van der Waals surface area contributed by atoms with E-state index in [1.807, 2.05) is 0 Å². The highest BCUT2D eigenvalue weighted by molar-refractivity contribution is 7.91. The number of nitrogens with zero attached hydrogens (tertiary/aromatic N) is 3. The molecule has 0 aliphatic carbocycles. The van der Waals surface area contributed by atoms with Gasteiger partial charge in [-0.3, -0.25) is 4.72 Å². The smallest absolute Gasteiger partial charge is 0.237 e. The third kappa shape index (κ3) is 4.12. The van der Waals surface area contributed by atoms with Crippen LogP contribution in [0.1, 0.15) is 5.56 Å². The van der Waals surface area contributed by atoms with Gasteiger partial charge in [0.1, 0.15) is 5.82 Å². The molecule has 0 aliphatic rings. The molecule has 8 heteroatoms. The summed E-state index contributed by atoms with van der Waals surface area (Å²) in [5.74, 6) is -0.538. The summed E-state index contributed by atoms with van der Waals surface area (Å²) in [5, 5.41) is 0. The van der Waals surface area contributed by atoms with E-state index in [0.717, 1.165) is 0 Å². The normalized spacial score (nSPS) is 11.2. The van der Waals surface area contributed by atoms with Gasteiger partial charge in [0, 0.05) is 19.7 Å². The lowest BCUT2D eigenvalue weighted by Gasteiger charge is -2.11. The van der Waals surface area contributed by atoms with Crippen LogP contribution in [0.25, 0.3) is 0 Å². The molecule has 112 valence electrons. The zero-order valence-corrected chi connectivity index (χ0v) is 12.4. The van der Waals surface area contributed by atoms with Crippen LogP contribution in [0.5, 0.6) is 0 Å². The molecule has 0 atom stereocenters. The number of aromatic nitrogens is 2. The molecule has 0 saturated carbocycles. The molecule has 6 nitrogen and oxygen atoms in total. The molecular weight excluding hydrogens is 295 g/mol. The second-order valence-corrected chi connectivity index (χ2v) is 6.34. The molecule has 2 aromatic rings. The number of hydrogen-bond donors (Lipinski definition) is 1. The fourth-order valence-electron chi connectivity index (χ4n) is 1.64. The van der Waals surface area contributed by atoms with Gasteiger partial charge in [0.15, 0.2) is 0 Å². The quantitative estimate of drug-likeness (QED) is 0.908. The fraction of sp³-hybridized carbons (Fsp3) is 0.231. The molecule has 0 bridgehead atoms. The average Bonchev–Trinajstić information content (AvgIpc) is 2.41. The van der Waals surface area contributed by atoms with Gasteiger partial charge in [-0.25, -0.2) is 22.8 Å². The van der Waals surface area contributed by atoms with Gasteiger partial charge in [0.25, 0.3) is 0 Å². The van der Waals surface area contributed by atoms with Crippen LogP contribution in [0.2, 0.25) is 0 Å². The molecule has 1 N–H and O–H groups in total. The Hall–Kier alpha value is -2.22. The molecule has 0 saturated heterocycles. The van der Waals surface area contributed by atoms with Crippen LogP contribution in [0, 0.1) is 5.82 Å². The van der Waals surface area contributed by atoms with Crippen LogP contribution in [-0.2, 0) is 15.8 Å². The van der Waals surface area contributed by atoms with E-state index < -0.39 is 21.6 Å². The van der Waals surface area contributed by atoms with Gasteiger partial charge in [0.2, 0.25) is 16.0 Å². The minimum absolute atomic E-state index is 0.107. The molecule has 0 aliphatic heterocycles. The SMILES string of the molecule is CN(C)c1ncc(NS(=O)(=O)Cc2ccccc2F)cn1. The number of hydrogen-bond acceptors (Lipinski definition) is 5. The van der Waals surface area contributed by atoms with E-state index in [0.29, 0.717) is 5.95 Å². The summed E-state index contributed by atoms with van der Waals surface area (Å²) >= 11 is 0. The first-order valence-corrected chi connectivity index (χ1v) is 7.76. The van der Waals surface area contributed by atoms with Crippen LogP contribution < -0.4 is 9.62 Å². The highest BCUT2D eigenvalue weighted by Crippen LogP contribution is 2.14. The van der Waals surface area contributed by atoms with E-state index in [1.54, 1.807) is 25.1 Å². The van der Waals surface area contributed by atoms with E-state index in [2.05, 4.69) is 14.7 Å². The maximum Gasteiger partial charge on any atom is 0.237 e. The van der Waals surface area contributed by atoms with E-state index in [4.69, 9.17) is 0 Å². The highest BCUT2D eigenvalue weighted by Gasteiger charge is 2.15. The highest BCUT2D eigenvalue weighted by atomic mass is 32.2. The Morgan fingerprint density at radius 2 is 1.81 bits per heavy atom. The third-order valence-corrected chi connectivity index (χ3v) is 3.85. The van der Waals surface area contributed by atoms with Crippen LogP contribution >= 0.6 is 0 Å². The molecule has 1 heterocycles. The lowest BCUT2D eigenvalue weighted by Crippen LogP contribution is -2.17. The largest absolute Gasteiger partial charge is 0.347 e. The van der Waals surface area contributed by atoms with E-state index in [1.165, 1.54) is 30.6 Å². The van der Waals surface area contributed by atoms with Crippen LogP contribution in [-0.4, -0.2) is 32.5 Å². The topological polar surface area (TPSA) is 75.2 Å². The van der Waals surface area contributed by atoms with Crippen molar-refractivity contribution in [3.8, 4) is 0 Å². The summed E-state index contributed by atoms with van der Waals surface area (Å²) < 4.78 is 39.8. The standard InChI is InChI=1S/C13H15FN4O2S/c1-18(2)13-15-7-11(8-16-13)17-21(19,20)9-10-5-3-4-6-12(10)14/h3-8,17H,9H2,1-2H3. The Morgan fingerprint density at radius 3 is 2.38 bits per heavy atom. The molecule has 0 fully saturated rings. The van der Waals surface area contributed by atoms with Crippen molar-refractivity contribution in [3.63, 3.8) is 0 Å². The van der Waals surface area contributed by atoms with Crippen molar-refractivity contribution in [3.05, 3.63) is 48.0 Å². The van der Waals surface area contributed by atoms with Gasteiger partial charge in [-0.1, -0.05) is 18.2 Å². The summed E-state index contributed by atoms with van der Waals surface area (Å²) in [6.07, 6.45) is 2.72. The number of sulfonamides is 1. The summed E-state index contributed by atoms with van der Waals surface area (Å²) in [7, 11) is -0.177. The van der Waals surface area contributed by atoms with Crippen LogP contribution in [0.15, 0.2) is 36.7 Å². The van der Waals surface area contributed by atoms with Crippen molar-refractivity contribution >= 4 is 21.7 Å². The summed E-state index contributed by atoms with van der Waals surface area (Å²) in [6.45, 7) is 0. The van der Waals surface area contributed by atoms with Gasteiger partial charge in [0.05, 0.1) is 23.8 Å². The summed E-state index contributed by atoms with van der Waals surface area (Å²) in [5.41, 5.74) is 0.341. The molecule has 1 aromatic heterocycles. The summed E-state index contributed by atoms with van der Waals surface area (Å²) in [6, 6.07) is 5.75. The Balaban J connectivity index is 2.12. The number of nitrogens with one attached hydrogen (secondary N) is 1. The van der Waals surface area contributed by atoms with Crippen LogP contribution in [0.4, 0.5) is 16.0 Å².